The molecular formula is C15H32N2O6. The second-order valence-electron chi connectivity index (χ2n) is 5.04. The van der Waals surface area contributed by atoms with Gasteiger partial charge in [0.2, 0.25) is 11.8 Å². The number of carbonyl (C=O) groups excluding carboxylic acids is 3. The summed E-state index contributed by atoms with van der Waals surface area (Å²) >= 11 is 0. The van der Waals surface area contributed by atoms with Crippen LogP contribution in [0, 0.1) is 0 Å². The van der Waals surface area contributed by atoms with Gasteiger partial charge < -0.3 is 24.8 Å². The first kappa shape index (κ1) is 21.5. The van der Waals surface area contributed by atoms with Crippen molar-refractivity contribution >= 4 is 17.6 Å². The van der Waals surface area contributed by atoms with E-state index in [0.29, 0.717) is 19.6 Å². The summed E-state index contributed by atoms with van der Waals surface area (Å²) in [4.78, 5) is 33.8. The van der Waals surface area contributed by atoms with Gasteiger partial charge in [0.1, 0.15) is 13.2 Å². The average Bonchev–Trinajstić information content (AvgIpc) is 2.51. The third kappa shape index (κ3) is 15.2. The van der Waals surface area contributed by atoms with E-state index in [1.807, 2.05) is 13.8 Å². The maximum absolute atomic E-state index is 11.4. The second kappa shape index (κ2) is 14.1. The Bertz CT molecular complexity index is 370. The molecule has 23 heavy (non-hydrogen) atoms. The van der Waals surface area contributed by atoms with Crippen molar-refractivity contribution in [2.24, 2.45) is 0 Å². The zero-order chi connectivity index (χ0) is 17.5. The van der Waals surface area contributed by atoms with Gasteiger partial charge in [-0.05, 0) is 13.8 Å². The molecule has 0 atom stereocenters. The van der Waals surface area contributed by atoms with Crippen LogP contribution in [0.5, 0.6) is 0 Å². The molecule has 0 fully saturated rings. The number of Topliss-reactive ketones (excluding diaryl/α,β-unsaturated/α-hetero) is 1. The SMILES string of the molecule is CCC(=O)COCCNC(=O)CNC(=O)COCCOC(C)C.[HH].[HH]. The van der Waals surface area contributed by atoms with Gasteiger partial charge in [-0.25, -0.2) is 0 Å². The summed E-state index contributed by atoms with van der Waals surface area (Å²) in [6.45, 7) is 6.69. The predicted molar refractivity (Wildman–Crippen MR) is 88.3 cm³/mol. The zero-order valence-electron chi connectivity index (χ0n) is 14.2. The van der Waals surface area contributed by atoms with Crippen molar-refractivity contribution in [3.05, 3.63) is 0 Å². The molecule has 0 aliphatic carbocycles. The highest BCUT2D eigenvalue weighted by Gasteiger charge is 2.05. The minimum atomic E-state index is -0.366. The first-order valence-electron chi connectivity index (χ1n) is 7.77. The van der Waals surface area contributed by atoms with Gasteiger partial charge in [0, 0.05) is 15.8 Å². The highest BCUT2D eigenvalue weighted by atomic mass is 16.5. The Morgan fingerprint density at radius 1 is 0.957 bits per heavy atom. The second-order valence-corrected chi connectivity index (χ2v) is 5.04. The summed E-state index contributed by atoms with van der Waals surface area (Å²) in [6.07, 6.45) is 0.560. The molecule has 0 heterocycles. The Hall–Kier alpha value is -1.51. The average molecular weight is 336 g/mol. The van der Waals surface area contributed by atoms with E-state index in [1.54, 1.807) is 6.92 Å². The summed E-state index contributed by atoms with van der Waals surface area (Å²) in [5.74, 6) is -0.677. The molecule has 0 aromatic carbocycles. The van der Waals surface area contributed by atoms with E-state index in [9.17, 15) is 14.4 Å². The van der Waals surface area contributed by atoms with Crippen LogP contribution in [0.3, 0.4) is 0 Å². The van der Waals surface area contributed by atoms with Crippen LogP contribution < -0.4 is 10.6 Å². The molecule has 0 radical (unpaired) electrons. The van der Waals surface area contributed by atoms with Crippen molar-refractivity contribution < 1.29 is 31.4 Å². The van der Waals surface area contributed by atoms with Crippen LogP contribution in [0.25, 0.3) is 0 Å². The minimum Gasteiger partial charge on any atom is -0.376 e. The van der Waals surface area contributed by atoms with Crippen LogP contribution in [0.15, 0.2) is 0 Å². The molecule has 0 aliphatic heterocycles. The molecule has 2 amide bonds. The minimum absolute atomic E-state index is 0. The number of amides is 2. The van der Waals surface area contributed by atoms with Crippen molar-refractivity contribution in [2.45, 2.75) is 33.3 Å². The van der Waals surface area contributed by atoms with E-state index in [-0.39, 0.29) is 59.5 Å². The van der Waals surface area contributed by atoms with E-state index in [0.717, 1.165) is 0 Å². The molecule has 0 aromatic heterocycles. The number of ether oxygens (including phenoxy) is 3. The Morgan fingerprint density at radius 2 is 1.65 bits per heavy atom. The van der Waals surface area contributed by atoms with Gasteiger partial charge in [-0.1, -0.05) is 6.92 Å². The van der Waals surface area contributed by atoms with Gasteiger partial charge >= 0.3 is 0 Å². The van der Waals surface area contributed by atoms with E-state index in [2.05, 4.69) is 10.6 Å². The van der Waals surface area contributed by atoms with Crippen LogP contribution >= 0.6 is 0 Å². The van der Waals surface area contributed by atoms with Gasteiger partial charge in [0.15, 0.2) is 5.78 Å². The fourth-order valence-electron chi connectivity index (χ4n) is 1.35. The molecule has 0 saturated heterocycles. The fourth-order valence-corrected chi connectivity index (χ4v) is 1.35. The van der Waals surface area contributed by atoms with Crippen LogP contribution in [-0.4, -0.2) is 69.8 Å². The quantitative estimate of drug-likeness (QED) is 0.438. The summed E-state index contributed by atoms with van der Waals surface area (Å²) < 4.78 is 15.4. The maximum Gasteiger partial charge on any atom is 0.246 e. The Labute approximate surface area is 140 Å². The number of hydrogen-bond acceptors (Lipinski definition) is 6. The Balaban J connectivity index is -0.00000242. The molecule has 0 spiro atoms. The Kier molecular flexibility index (Phi) is 13.2. The third-order valence-corrected chi connectivity index (χ3v) is 2.58. The van der Waals surface area contributed by atoms with Crippen LogP contribution in [0.2, 0.25) is 0 Å². The van der Waals surface area contributed by atoms with Gasteiger partial charge in [-0.3, -0.25) is 14.4 Å². The fraction of sp³-hybridized carbons (Fsp3) is 0.800. The van der Waals surface area contributed by atoms with Crippen molar-refractivity contribution in [3.8, 4) is 0 Å². The molecular weight excluding hydrogens is 304 g/mol. The molecule has 0 aliphatic rings. The van der Waals surface area contributed by atoms with E-state index < -0.39 is 0 Å². The lowest BCUT2D eigenvalue weighted by Gasteiger charge is -2.09. The highest BCUT2D eigenvalue weighted by Crippen LogP contribution is 1.87. The number of ketones is 1. The molecule has 0 unspecified atom stereocenters. The number of rotatable bonds is 14. The molecule has 0 aromatic rings. The molecule has 0 rings (SSSR count). The highest BCUT2D eigenvalue weighted by molar-refractivity contribution is 5.85. The van der Waals surface area contributed by atoms with Crippen molar-refractivity contribution in [3.63, 3.8) is 0 Å². The lowest BCUT2D eigenvalue weighted by molar-refractivity contribution is -0.129. The van der Waals surface area contributed by atoms with E-state index in [4.69, 9.17) is 14.2 Å². The molecule has 0 bridgehead atoms. The first-order valence-corrected chi connectivity index (χ1v) is 7.77. The van der Waals surface area contributed by atoms with Crippen LogP contribution in [0.1, 0.15) is 30.0 Å². The van der Waals surface area contributed by atoms with Gasteiger partial charge in [-0.2, -0.15) is 0 Å². The molecule has 138 valence electrons. The van der Waals surface area contributed by atoms with Crippen LogP contribution in [0.4, 0.5) is 0 Å². The molecule has 8 nitrogen and oxygen atoms in total. The Morgan fingerprint density at radius 3 is 2.30 bits per heavy atom. The van der Waals surface area contributed by atoms with Crippen molar-refractivity contribution in [1.82, 2.24) is 10.6 Å². The predicted octanol–water partition coefficient (Wildman–Crippen LogP) is 0.148. The maximum atomic E-state index is 11.4. The van der Waals surface area contributed by atoms with Crippen LogP contribution in [-0.2, 0) is 28.6 Å². The molecule has 0 saturated carbocycles. The summed E-state index contributed by atoms with van der Waals surface area (Å²) in [6, 6.07) is 0. The smallest absolute Gasteiger partial charge is 0.246 e. The van der Waals surface area contributed by atoms with E-state index in [1.165, 1.54) is 0 Å². The normalized spacial score (nSPS) is 10.6. The zero-order valence-corrected chi connectivity index (χ0v) is 14.2. The first-order chi connectivity index (χ1) is 11.0. The van der Waals surface area contributed by atoms with Gasteiger partial charge in [0.25, 0.3) is 0 Å². The molecule has 2 N–H and O–H groups in total. The van der Waals surface area contributed by atoms with Crippen molar-refractivity contribution in [2.75, 3.05) is 46.1 Å². The molecule has 8 heteroatoms. The number of hydrogen-bond donors (Lipinski definition) is 2. The van der Waals surface area contributed by atoms with Crippen molar-refractivity contribution in [1.29, 1.82) is 0 Å². The lowest BCUT2D eigenvalue weighted by Crippen LogP contribution is -2.39. The topological polar surface area (TPSA) is 103 Å². The van der Waals surface area contributed by atoms with Gasteiger partial charge in [0.05, 0.1) is 32.5 Å². The number of carbonyl (C=O) groups is 3. The van der Waals surface area contributed by atoms with E-state index >= 15 is 0 Å². The largest absolute Gasteiger partial charge is 0.376 e. The summed E-state index contributed by atoms with van der Waals surface area (Å²) in [5, 5.41) is 5.01. The third-order valence-electron chi connectivity index (χ3n) is 2.58. The summed E-state index contributed by atoms with van der Waals surface area (Å²) in [5.41, 5.74) is 0. The number of nitrogens with one attached hydrogen (secondary N) is 2. The monoisotopic (exact) mass is 336 g/mol. The van der Waals surface area contributed by atoms with Gasteiger partial charge in [-0.15, -0.1) is 0 Å². The standard InChI is InChI=1S/C15H28N2O6.2H2/c1-4-13(18)10-21-6-5-16-14(19)9-17-15(20)11-22-7-8-23-12(2)3;;/h12H,4-11H2,1-3H3,(H,16,19)(H,17,20);2*1H. The summed E-state index contributed by atoms with van der Waals surface area (Å²) in [7, 11) is 0. The lowest BCUT2D eigenvalue weighted by atomic mass is 10.3.